The van der Waals surface area contributed by atoms with Gasteiger partial charge in [-0.2, -0.15) is 0 Å². The van der Waals surface area contributed by atoms with Crippen LogP contribution in [0.25, 0.3) is 75.4 Å². The molecule has 0 saturated carbocycles. The van der Waals surface area contributed by atoms with Crippen LogP contribution in [0.15, 0.2) is 140 Å². The topological polar surface area (TPSA) is 38.7 Å². The number of aromatic nitrogens is 3. The van der Waals surface area contributed by atoms with Crippen LogP contribution < -0.4 is 0 Å². The molecule has 0 bridgehead atoms. The van der Waals surface area contributed by atoms with E-state index >= 15 is 0 Å². The summed E-state index contributed by atoms with van der Waals surface area (Å²) >= 11 is 0.103. The van der Waals surface area contributed by atoms with Crippen molar-refractivity contribution in [3.05, 3.63) is 140 Å². The Morgan fingerprint density at radius 2 is 1.10 bits per heavy atom. The van der Waals surface area contributed by atoms with Crippen molar-refractivity contribution >= 4 is 45.8 Å². The van der Waals surface area contributed by atoms with Gasteiger partial charge in [0, 0.05) is 0 Å². The molecule has 0 unspecified atom stereocenters. The van der Waals surface area contributed by atoms with E-state index in [0.717, 1.165) is 44.0 Å². The molecule has 2 heterocycles. The number of nitrogens with zero attached hydrogens (tertiary/aromatic N) is 3. The normalized spacial score (nSPS) is 11.4. The van der Waals surface area contributed by atoms with Crippen molar-refractivity contribution in [2.24, 2.45) is 0 Å². The first-order valence-corrected chi connectivity index (χ1v) is 15.3. The zero-order valence-electron chi connectivity index (χ0n) is 22.0. The second-order valence-electron chi connectivity index (χ2n) is 10.1. The number of rotatable bonds is 4. The number of benzene rings is 6. The second-order valence-corrected chi connectivity index (χ2v) is 12.2. The van der Waals surface area contributed by atoms with E-state index in [1.807, 2.05) is 24.3 Å². The van der Waals surface area contributed by atoms with Crippen LogP contribution in [0.2, 0.25) is 0 Å². The van der Waals surface area contributed by atoms with Gasteiger partial charge in [0.2, 0.25) is 0 Å². The van der Waals surface area contributed by atoms with Crippen molar-refractivity contribution < 1.29 is 0 Å². The third kappa shape index (κ3) is 4.35. The molecule has 8 aromatic rings. The molecular weight excluding hydrogens is 565 g/mol. The van der Waals surface area contributed by atoms with Gasteiger partial charge in [-0.25, -0.2) is 0 Å². The molecular formula is C37H23N3Se. The van der Waals surface area contributed by atoms with Crippen LogP contribution in [-0.4, -0.2) is 29.5 Å². The molecule has 192 valence electrons. The summed E-state index contributed by atoms with van der Waals surface area (Å²) in [4.78, 5) is 15.4. The molecule has 0 aliphatic carbocycles. The monoisotopic (exact) mass is 589 g/mol. The maximum atomic E-state index is 5.23. The Hall–Kier alpha value is -4.89. The molecule has 0 aliphatic rings. The first kappa shape index (κ1) is 24.0. The van der Waals surface area contributed by atoms with E-state index in [-0.39, 0.29) is 14.5 Å². The summed E-state index contributed by atoms with van der Waals surface area (Å²) < 4.78 is 2.50. The van der Waals surface area contributed by atoms with E-state index in [9.17, 15) is 0 Å². The zero-order valence-corrected chi connectivity index (χ0v) is 23.7. The molecule has 6 aromatic carbocycles. The number of hydrogen-bond donors (Lipinski definition) is 0. The van der Waals surface area contributed by atoms with Crippen LogP contribution >= 0.6 is 0 Å². The Bertz CT molecular complexity index is 2140. The molecule has 0 saturated heterocycles. The van der Waals surface area contributed by atoms with E-state index in [2.05, 4.69) is 115 Å². The van der Waals surface area contributed by atoms with Gasteiger partial charge in [-0.15, -0.1) is 0 Å². The van der Waals surface area contributed by atoms with Gasteiger partial charge in [-0.05, 0) is 0 Å². The molecule has 3 nitrogen and oxygen atoms in total. The molecule has 2 aromatic heterocycles. The second kappa shape index (κ2) is 9.94. The predicted octanol–water partition coefficient (Wildman–Crippen LogP) is 9.06. The van der Waals surface area contributed by atoms with E-state index in [4.69, 9.17) is 15.0 Å². The fourth-order valence-electron chi connectivity index (χ4n) is 5.47. The van der Waals surface area contributed by atoms with Crippen molar-refractivity contribution in [2.75, 3.05) is 0 Å². The average Bonchev–Trinajstić information content (AvgIpc) is 3.49. The van der Waals surface area contributed by atoms with Gasteiger partial charge >= 0.3 is 244 Å². The Morgan fingerprint density at radius 1 is 0.439 bits per heavy atom. The average molecular weight is 589 g/mol. The first-order chi connectivity index (χ1) is 20.3. The van der Waals surface area contributed by atoms with Crippen molar-refractivity contribution in [1.29, 1.82) is 0 Å². The first-order valence-electron chi connectivity index (χ1n) is 13.6. The minimum absolute atomic E-state index is 0.103. The molecule has 0 aliphatic heterocycles. The summed E-state index contributed by atoms with van der Waals surface area (Å²) in [5.74, 6) is 0.719. The molecule has 0 fully saturated rings. The van der Waals surface area contributed by atoms with Crippen molar-refractivity contribution in [1.82, 2.24) is 15.0 Å². The Morgan fingerprint density at radius 3 is 1.90 bits per heavy atom. The molecule has 0 amide bonds. The van der Waals surface area contributed by atoms with Crippen LogP contribution in [0.3, 0.4) is 0 Å². The van der Waals surface area contributed by atoms with Crippen LogP contribution in [0.5, 0.6) is 0 Å². The van der Waals surface area contributed by atoms with E-state index in [1.54, 1.807) is 0 Å². The summed E-state index contributed by atoms with van der Waals surface area (Å²) in [6, 6.07) is 48.8. The molecule has 8 rings (SSSR count). The van der Waals surface area contributed by atoms with Gasteiger partial charge in [0.05, 0.1) is 0 Å². The molecule has 0 radical (unpaired) electrons. The SMILES string of the molecule is c1ccc(-c2cc(-c3cc4nc(-c5ccc6ccccc6c5)[se]c4c4ccccc34)nc(-c3ccccc3)n2)cc1. The number of fused-ring (bicyclic) bond motifs is 4. The summed E-state index contributed by atoms with van der Waals surface area (Å²) in [5.41, 5.74) is 7.20. The van der Waals surface area contributed by atoms with Gasteiger partial charge < -0.3 is 0 Å². The third-order valence-electron chi connectivity index (χ3n) is 7.50. The number of hydrogen-bond acceptors (Lipinski definition) is 3. The maximum absolute atomic E-state index is 5.23. The molecule has 41 heavy (non-hydrogen) atoms. The quantitative estimate of drug-likeness (QED) is 0.193. The van der Waals surface area contributed by atoms with Crippen LogP contribution in [0.1, 0.15) is 0 Å². The Kier molecular flexibility index (Phi) is 5.81. The van der Waals surface area contributed by atoms with Gasteiger partial charge in [-0.3, -0.25) is 0 Å². The molecule has 0 spiro atoms. The Balaban J connectivity index is 1.36. The van der Waals surface area contributed by atoms with Crippen LogP contribution in [0.4, 0.5) is 0 Å². The summed E-state index contributed by atoms with van der Waals surface area (Å²) in [6.07, 6.45) is 0. The van der Waals surface area contributed by atoms with Gasteiger partial charge in [0.25, 0.3) is 0 Å². The fraction of sp³-hybridized carbons (Fsp3) is 0. The van der Waals surface area contributed by atoms with Gasteiger partial charge in [-0.1, -0.05) is 0 Å². The summed E-state index contributed by atoms with van der Waals surface area (Å²) in [5, 5.41) is 4.94. The van der Waals surface area contributed by atoms with E-state index < -0.39 is 0 Å². The standard InChI is InChI=1S/C37H23N3Se/c1-3-12-25(13-4-1)32-23-33(39-36(38-32)26-14-5-2-6-15-26)31-22-34-35(30-18-10-9-17-29(30)31)41-37(40-34)28-20-19-24-11-7-8-16-27(24)21-28/h1-23H. The summed E-state index contributed by atoms with van der Waals surface area (Å²) in [6.45, 7) is 0. The van der Waals surface area contributed by atoms with Crippen LogP contribution in [0, 0.1) is 0 Å². The van der Waals surface area contributed by atoms with Gasteiger partial charge in [0.1, 0.15) is 0 Å². The fourth-order valence-corrected chi connectivity index (χ4v) is 7.73. The van der Waals surface area contributed by atoms with E-state index in [0.29, 0.717) is 0 Å². The summed E-state index contributed by atoms with van der Waals surface area (Å²) in [7, 11) is 0. The zero-order chi connectivity index (χ0) is 27.2. The van der Waals surface area contributed by atoms with Crippen molar-refractivity contribution in [3.8, 4) is 44.0 Å². The predicted molar refractivity (Wildman–Crippen MR) is 171 cm³/mol. The van der Waals surface area contributed by atoms with Crippen molar-refractivity contribution in [3.63, 3.8) is 0 Å². The van der Waals surface area contributed by atoms with Crippen LogP contribution in [-0.2, 0) is 0 Å². The van der Waals surface area contributed by atoms with E-state index in [1.165, 1.54) is 31.4 Å². The minimum atomic E-state index is 0.103. The van der Waals surface area contributed by atoms with Gasteiger partial charge in [0.15, 0.2) is 0 Å². The molecule has 4 heteroatoms. The third-order valence-corrected chi connectivity index (χ3v) is 9.92. The molecule has 0 N–H and O–H groups in total. The van der Waals surface area contributed by atoms with Crippen molar-refractivity contribution in [2.45, 2.75) is 0 Å². The molecule has 0 atom stereocenters. The Labute approximate surface area is 243 Å².